The molecule has 0 unspecified atom stereocenters. The molecule has 0 bridgehead atoms. The minimum atomic E-state index is -0.421. The van der Waals surface area contributed by atoms with Crippen LogP contribution in [0.3, 0.4) is 0 Å². The van der Waals surface area contributed by atoms with E-state index in [-0.39, 0.29) is 12.1 Å². The maximum Gasteiger partial charge on any atom is 0.322 e. The second kappa shape index (κ2) is 7.66. The van der Waals surface area contributed by atoms with Gasteiger partial charge in [0.15, 0.2) is 0 Å². The van der Waals surface area contributed by atoms with E-state index in [0.29, 0.717) is 17.3 Å². The summed E-state index contributed by atoms with van der Waals surface area (Å²) in [7, 11) is 0. The number of benzene rings is 1. The normalized spacial score (nSPS) is 21.9. The van der Waals surface area contributed by atoms with E-state index in [9.17, 15) is 9.90 Å². The van der Waals surface area contributed by atoms with Gasteiger partial charge in [-0.1, -0.05) is 37.4 Å². The molecule has 4 nitrogen and oxygen atoms in total. The van der Waals surface area contributed by atoms with Gasteiger partial charge in [-0.15, -0.1) is 0 Å². The van der Waals surface area contributed by atoms with Crippen LogP contribution in [0.4, 0.5) is 10.5 Å². The molecule has 5 heteroatoms. The highest BCUT2D eigenvalue weighted by Crippen LogP contribution is 2.24. The van der Waals surface area contributed by atoms with E-state index < -0.39 is 6.10 Å². The minimum Gasteiger partial charge on any atom is -0.391 e. The first kappa shape index (κ1) is 16.1. The number of hydrogen-bond acceptors (Lipinski definition) is 2. The van der Waals surface area contributed by atoms with Crippen molar-refractivity contribution in [3.05, 3.63) is 29.3 Å². The zero-order valence-electron chi connectivity index (χ0n) is 12.4. The largest absolute Gasteiger partial charge is 0.391 e. The van der Waals surface area contributed by atoms with Crippen LogP contribution in [0.5, 0.6) is 0 Å². The number of nitrogens with zero attached hydrogens (tertiary/aromatic N) is 1. The monoisotopic (exact) mass is 310 g/mol. The van der Waals surface area contributed by atoms with Gasteiger partial charge in [-0.05, 0) is 37.5 Å². The SMILES string of the molecule is CCCN(C(=O)Nc1cccc(Cl)c1)[C@@H]1CCCC[C@H]1O. The Labute approximate surface area is 131 Å². The molecular weight excluding hydrogens is 288 g/mol. The van der Waals surface area contributed by atoms with Gasteiger partial charge in [0.05, 0.1) is 12.1 Å². The zero-order valence-corrected chi connectivity index (χ0v) is 13.1. The lowest BCUT2D eigenvalue weighted by Gasteiger charge is -2.37. The topological polar surface area (TPSA) is 52.6 Å². The highest BCUT2D eigenvalue weighted by Gasteiger charge is 2.31. The summed E-state index contributed by atoms with van der Waals surface area (Å²) < 4.78 is 0. The second-order valence-electron chi connectivity index (χ2n) is 5.55. The molecule has 1 aromatic rings. The van der Waals surface area contributed by atoms with Crippen molar-refractivity contribution in [2.24, 2.45) is 0 Å². The van der Waals surface area contributed by atoms with Gasteiger partial charge in [-0.25, -0.2) is 4.79 Å². The molecule has 2 amide bonds. The van der Waals surface area contributed by atoms with E-state index in [0.717, 1.165) is 32.1 Å². The van der Waals surface area contributed by atoms with Crippen LogP contribution >= 0.6 is 11.6 Å². The third kappa shape index (κ3) is 4.35. The third-order valence-corrected chi connectivity index (χ3v) is 4.13. The Morgan fingerprint density at radius 1 is 1.43 bits per heavy atom. The standard InChI is InChI=1S/C16H23ClN2O2/c1-2-10-19(14-8-3-4-9-15(14)20)16(21)18-13-7-5-6-12(17)11-13/h5-7,11,14-15,20H,2-4,8-10H2,1H3,(H,18,21)/t14-,15-/m1/s1. The molecule has 21 heavy (non-hydrogen) atoms. The van der Waals surface area contributed by atoms with Gasteiger partial charge >= 0.3 is 6.03 Å². The molecule has 0 aliphatic heterocycles. The van der Waals surface area contributed by atoms with E-state index in [1.165, 1.54) is 0 Å². The van der Waals surface area contributed by atoms with Crippen LogP contribution in [0.2, 0.25) is 5.02 Å². The van der Waals surface area contributed by atoms with Crippen molar-refractivity contribution in [2.75, 3.05) is 11.9 Å². The molecule has 1 aliphatic rings. The Balaban J connectivity index is 2.07. The Morgan fingerprint density at radius 2 is 2.19 bits per heavy atom. The first-order valence-corrected chi connectivity index (χ1v) is 8.01. The number of aliphatic hydroxyl groups excluding tert-OH is 1. The maximum atomic E-state index is 12.5. The number of amides is 2. The Morgan fingerprint density at radius 3 is 2.86 bits per heavy atom. The summed E-state index contributed by atoms with van der Waals surface area (Å²) >= 11 is 5.94. The van der Waals surface area contributed by atoms with Crippen LogP contribution in [-0.4, -0.2) is 34.7 Å². The average molecular weight is 311 g/mol. The summed E-state index contributed by atoms with van der Waals surface area (Å²) in [6, 6.07) is 6.86. The number of halogens is 1. The molecule has 1 fully saturated rings. The lowest BCUT2D eigenvalue weighted by Crippen LogP contribution is -2.50. The fraction of sp³-hybridized carbons (Fsp3) is 0.562. The van der Waals surface area contributed by atoms with Gasteiger partial charge in [0.1, 0.15) is 0 Å². The molecule has 0 radical (unpaired) electrons. The molecule has 1 aromatic carbocycles. The number of anilines is 1. The molecule has 0 spiro atoms. The van der Waals surface area contributed by atoms with Crippen LogP contribution in [0.1, 0.15) is 39.0 Å². The number of rotatable bonds is 4. The number of hydrogen-bond donors (Lipinski definition) is 2. The predicted octanol–water partition coefficient (Wildman–Crippen LogP) is 3.89. The van der Waals surface area contributed by atoms with Gasteiger partial charge < -0.3 is 15.3 Å². The van der Waals surface area contributed by atoms with Crippen molar-refractivity contribution >= 4 is 23.3 Å². The van der Waals surface area contributed by atoms with Crippen molar-refractivity contribution in [2.45, 2.75) is 51.2 Å². The van der Waals surface area contributed by atoms with Gasteiger partial charge in [0, 0.05) is 17.3 Å². The summed E-state index contributed by atoms with van der Waals surface area (Å²) in [6.45, 7) is 2.68. The first-order valence-electron chi connectivity index (χ1n) is 7.63. The lowest BCUT2D eigenvalue weighted by molar-refractivity contribution is 0.0397. The summed E-state index contributed by atoms with van der Waals surface area (Å²) in [6.07, 6.45) is 4.18. The van der Waals surface area contributed by atoms with Crippen LogP contribution in [0, 0.1) is 0 Å². The quantitative estimate of drug-likeness (QED) is 0.886. The van der Waals surface area contributed by atoms with Crippen molar-refractivity contribution in [3.8, 4) is 0 Å². The predicted molar refractivity (Wildman–Crippen MR) is 85.7 cm³/mol. The molecule has 0 aromatic heterocycles. The highest BCUT2D eigenvalue weighted by molar-refractivity contribution is 6.30. The van der Waals surface area contributed by atoms with Gasteiger partial charge in [0.25, 0.3) is 0 Å². The smallest absolute Gasteiger partial charge is 0.322 e. The fourth-order valence-electron chi connectivity index (χ4n) is 2.88. The third-order valence-electron chi connectivity index (χ3n) is 3.90. The molecule has 0 heterocycles. The van der Waals surface area contributed by atoms with Gasteiger partial charge in [-0.2, -0.15) is 0 Å². The van der Waals surface area contributed by atoms with E-state index in [1.807, 2.05) is 13.0 Å². The van der Waals surface area contributed by atoms with Crippen molar-refractivity contribution in [3.63, 3.8) is 0 Å². The number of carbonyl (C=O) groups is 1. The zero-order chi connectivity index (χ0) is 15.2. The van der Waals surface area contributed by atoms with Crippen LogP contribution in [-0.2, 0) is 0 Å². The molecule has 0 saturated heterocycles. The highest BCUT2D eigenvalue weighted by atomic mass is 35.5. The van der Waals surface area contributed by atoms with E-state index in [2.05, 4.69) is 5.32 Å². The molecule has 2 rings (SSSR count). The minimum absolute atomic E-state index is 0.0853. The Kier molecular flexibility index (Phi) is 5.88. The Bertz CT molecular complexity index is 481. The van der Waals surface area contributed by atoms with E-state index in [4.69, 9.17) is 11.6 Å². The van der Waals surface area contributed by atoms with Crippen molar-refractivity contribution in [1.82, 2.24) is 4.90 Å². The van der Waals surface area contributed by atoms with Crippen molar-refractivity contribution in [1.29, 1.82) is 0 Å². The molecule has 1 saturated carbocycles. The summed E-state index contributed by atoms with van der Waals surface area (Å²) in [4.78, 5) is 14.3. The number of urea groups is 1. The Hall–Kier alpha value is -1.26. The molecule has 1 aliphatic carbocycles. The van der Waals surface area contributed by atoms with E-state index >= 15 is 0 Å². The molecular formula is C16H23ClN2O2. The van der Waals surface area contributed by atoms with E-state index in [1.54, 1.807) is 23.1 Å². The lowest BCUT2D eigenvalue weighted by atomic mass is 9.91. The van der Waals surface area contributed by atoms with Crippen LogP contribution < -0.4 is 5.32 Å². The molecule has 2 N–H and O–H groups in total. The molecule has 116 valence electrons. The number of aliphatic hydroxyl groups is 1. The van der Waals surface area contributed by atoms with Gasteiger partial charge in [-0.3, -0.25) is 0 Å². The van der Waals surface area contributed by atoms with Crippen molar-refractivity contribution < 1.29 is 9.90 Å². The maximum absolute atomic E-state index is 12.5. The number of nitrogens with one attached hydrogen (secondary N) is 1. The first-order chi connectivity index (χ1) is 10.1. The van der Waals surface area contributed by atoms with Crippen LogP contribution in [0.15, 0.2) is 24.3 Å². The van der Waals surface area contributed by atoms with Crippen LogP contribution in [0.25, 0.3) is 0 Å². The second-order valence-corrected chi connectivity index (χ2v) is 5.99. The fourth-order valence-corrected chi connectivity index (χ4v) is 3.07. The summed E-state index contributed by atoms with van der Waals surface area (Å²) in [5.41, 5.74) is 0.680. The summed E-state index contributed by atoms with van der Waals surface area (Å²) in [5, 5.41) is 13.6. The van der Waals surface area contributed by atoms with Gasteiger partial charge in [0.2, 0.25) is 0 Å². The molecule has 2 atom stereocenters. The average Bonchev–Trinajstić information content (AvgIpc) is 2.45. The number of carbonyl (C=O) groups excluding carboxylic acids is 1. The summed E-state index contributed by atoms with van der Waals surface area (Å²) in [5.74, 6) is 0.